The molecule has 0 unspecified atom stereocenters. The van der Waals surface area contributed by atoms with E-state index in [0.29, 0.717) is 30.3 Å². The van der Waals surface area contributed by atoms with Crippen molar-refractivity contribution in [2.45, 2.75) is 26.2 Å². The van der Waals surface area contributed by atoms with Gasteiger partial charge in [0, 0.05) is 47.9 Å². The summed E-state index contributed by atoms with van der Waals surface area (Å²) in [5.74, 6) is 2.27. The summed E-state index contributed by atoms with van der Waals surface area (Å²) >= 11 is 0. The first-order chi connectivity index (χ1) is 21.1. The minimum absolute atomic E-state index is 0.00741. The number of hydrogen-bond acceptors (Lipinski definition) is 5. The molecule has 0 bridgehead atoms. The van der Waals surface area contributed by atoms with Crippen LogP contribution in [0.3, 0.4) is 0 Å². The number of rotatable bonds is 5. The molecule has 6 nitrogen and oxygen atoms in total. The molecular weight excluding hydrogens is 520 g/mol. The van der Waals surface area contributed by atoms with Gasteiger partial charge in [0.05, 0.1) is 25.1 Å². The number of nitrogens with zero attached hydrogens (tertiary/aromatic N) is 4. The van der Waals surface area contributed by atoms with Gasteiger partial charge in [-0.25, -0.2) is 4.98 Å². The van der Waals surface area contributed by atoms with Gasteiger partial charge in [-0.1, -0.05) is 57.2 Å². The van der Waals surface area contributed by atoms with Gasteiger partial charge in [-0.05, 0) is 65.6 Å². The highest BCUT2D eigenvalue weighted by atomic mass is 16.5. The van der Waals surface area contributed by atoms with E-state index >= 15 is 0 Å². The molecule has 6 heteroatoms. The number of hydrogen-bond donors (Lipinski definition) is 1. The molecule has 0 fully saturated rings. The van der Waals surface area contributed by atoms with Crippen LogP contribution >= 0.6 is 0 Å². The molecule has 0 aliphatic carbocycles. The monoisotopic (exact) mass is 556 g/mol. The fraction of sp³-hybridized carbons (Fsp3) is 0.194. The predicted molar refractivity (Wildman–Crippen MR) is 172 cm³/mol. The third kappa shape index (κ3) is 4.54. The molecule has 4 aromatic carbocycles. The van der Waals surface area contributed by atoms with Crippen molar-refractivity contribution < 1.29 is 12.6 Å². The number of fused-ring (bicyclic) bond motifs is 4. The summed E-state index contributed by atoms with van der Waals surface area (Å²) in [5.41, 5.74) is 5.70. The van der Waals surface area contributed by atoms with Crippen molar-refractivity contribution in [1.82, 2.24) is 9.55 Å². The number of pyridine rings is 1. The smallest absolute Gasteiger partial charge is 0.137 e. The predicted octanol–water partition coefficient (Wildman–Crippen LogP) is 8.18. The standard InChI is InChI=1S/C36H34N4O2/c1-36(2,3)25-17-18-37-35(21-25)40-31-12-5-4-11-29(31)30-16-15-28(23-34(30)40)42-27-10-8-9-26(22-27)39-20-19-38(24-41)32-13-6-7-14-33(32)39/h4-18,21-23,41H,19-20,24H2,1-3H3/i24D2. The van der Waals surface area contributed by atoms with Gasteiger partial charge >= 0.3 is 0 Å². The Morgan fingerprint density at radius 3 is 2.38 bits per heavy atom. The van der Waals surface area contributed by atoms with Crippen LogP contribution in [0.1, 0.15) is 29.1 Å². The van der Waals surface area contributed by atoms with E-state index in [1.54, 1.807) is 0 Å². The molecule has 1 N–H and O–H groups in total. The largest absolute Gasteiger partial charge is 0.457 e. The lowest BCUT2D eigenvalue weighted by molar-refractivity contribution is 0.290. The zero-order valence-electron chi connectivity index (χ0n) is 26.0. The third-order valence-corrected chi connectivity index (χ3v) is 7.98. The Morgan fingerprint density at radius 2 is 1.55 bits per heavy atom. The lowest BCUT2D eigenvalue weighted by Gasteiger charge is -2.38. The molecular formula is C36H34N4O2. The Kier molecular flexibility index (Phi) is 5.81. The number of benzene rings is 4. The third-order valence-electron chi connectivity index (χ3n) is 7.98. The zero-order valence-corrected chi connectivity index (χ0v) is 24.0. The minimum Gasteiger partial charge on any atom is -0.457 e. The molecule has 1 aliphatic rings. The average Bonchev–Trinajstić information content (AvgIpc) is 3.33. The Labute approximate surface area is 248 Å². The Hall–Kier alpha value is -4.81. The van der Waals surface area contributed by atoms with E-state index in [9.17, 15) is 5.11 Å². The van der Waals surface area contributed by atoms with E-state index in [2.05, 4.69) is 78.8 Å². The molecule has 0 saturated heterocycles. The van der Waals surface area contributed by atoms with Crippen LogP contribution in [0, 0.1) is 0 Å². The van der Waals surface area contributed by atoms with Crippen molar-refractivity contribution >= 4 is 38.9 Å². The van der Waals surface area contributed by atoms with Crippen LogP contribution in [0.25, 0.3) is 27.6 Å². The number of aromatic nitrogens is 2. The molecule has 7 rings (SSSR count). The van der Waals surface area contributed by atoms with Gasteiger partial charge in [-0.15, -0.1) is 0 Å². The molecule has 42 heavy (non-hydrogen) atoms. The van der Waals surface area contributed by atoms with E-state index < -0.39 is 6.68 Å². The summed E-state index contributed by atoms with van der Waals surface area (Å²) in [5, 5.41) is 12.4. The Balaban J connectivity index is 1.27. The van der Waals surface area contributed by atoms with Gasteiger partial charge in [0.15, 0.2) is 0 Å². The molecule has 3 heterocycles. The summed E-state index contributed by atoms with van der Waals surface area (Å²) in [4.78, 5) is 8.30. The van der Waals surface area contributed by atoms with Gasteiger partial charge in [0.2, 0.25) is 0 Å². The molecule has 1 aliphatic heterocycles. The number of anilines is 3. The Bertz CT molecular complexity index is 2010. The van der Waals surface area contributed by atoms with Crippen LogP contribution in [0.5, 0.6) is 11.5 Å². The molecule has 0 atom stereocenters. The van der Waals surface area contributed by atoms with Crippen molar-refractivity contribution in [3.05, 3.63) is 115 Å². The van der Waals surface area contributed by atoms with E-state index in [0.717, 1.165) is 39.0 Å². The molecule has 2 aromatic heterocycles. The van der Waals surface area contributed by atoms with Gasteiger partial charge in [0.1, 0.15) is 24.0 Å². The highest BCUT2D eigenvalue weighted by Gasteiger charge is 2.23. The van der Waals surface area contributed by atoms with Crippen LogP contribution in [-0.2, 0) is 5.41 Å². The molecule has 6 aromatic rings. The van der Waals surface area contributed by atoms with Crippen molar-refractivity contribution in [2.24, 2.45) is 0 Å². The number of para-hydroxylation sites is 3. The quantitative estimate of drug-likeness (QED) is 0.232. The van der Waals surface area contributed by atoms with Gasteiger partial charge in [0.25, 0.3) is 0 Å². The topological polar surface area (TPSA) is 53.8 Å². The first-order valence-electron chi connectivity index (χ1n) is 15.2. The number of aliphatic hydroxyl groups is 1. The van der Waals surface area contributed by atoms with Crippen LogP contribution in [0.2, 0.25) is 0 Å². The van der Waals surface area contributed by atoms with Crippen molar-refractivity contribution in [2.75, 3.05) is 29.6 Å². The van der Waals surface area contributed by atoms with Crippen LogP contribution in [0.4, 0.5) is 17.1 Å². The maximum atomic E-state index is 10.1. The minimum atomic E-state index is -2.45. The Morgan fingerprint density at radius 1 is 0.786 bits per heavy atom. The molecule has 0 radical (unpaired) electrons. The van der Waals surface area contributed by atoms with Crippen LogP contribution < -0.4 is 14.5 Å². The summed E-state index contributed by atoms with van der Waals surface area (Å²) in [6.45, 7) is 5.02. The lowest BCUT2D eigenvalue weighted by Crippen LogP contribution is -2.39. The maximum absolute atomic E-state index is 10.1. The molecule has 0 amide bonds. The molecule has 210 valence electrons. The van der Waals surface area contributed by atoms with Crippen molar-refractivity contribution in [3.8, 4) is 17.3 Å². The van der Waals surface area contributed by atoms with Crippen molar-refractivity contribution in [1.29, 1.82) is 0 Å². The average molecular weight is 557 g/mol. The van der Waals surface area contributed by atoms with Gasteiger partial charge in [-0.3, -0.25) is 4.57 Å². The number of ether oxygens (including phenoxy) is 1. The normalized spacial score (nSPS) is 14.6. The van der Waals surface area contributed by atoms with E-state index in [-0.39, 0.29) is 5.41 Å². The SMILES string of the molecule is [2H]C([2H])(O)N1CCN(c2cccc(Oc3ccc4c5ccccc5n(-c5cc(C(C)(C)C)ccn5)c4c3)c2)c2ccccc21. The van der Waals surface area contributed by atoms with Gasteiger partial charge in [-0.2, -0.15) is 0 Å². The van der Waals surface area contributed by atoms with E-state index in [1.165, 1.54) is 10.5 Å². The summed E-state index contributed by atoms with van der Waals surface area (Å²) < 4.78 is 24.5. The maximum Gasteiger partial charge on any atom is 0.137 e. The van der Waals surface area contributed by atoms with E-state index in [4.69, 9.17) is 12.5 Å². The zero-order chi connectivity index (χ0) is 30.6. The fourth-order valence-electron chi connectivity index (χ4n) is 5.85. The molecule has 0 saturated carbocycles. The summed E-state index contributed by atoms with van der Waals surface area (Å²) in [6.07, 6.45) is 1.88. The highest BCUT2D eigenvalue weighted by Crippen LogP contribution is 2.40. The van der Waals surface area contributed by atoms with E-state index in [1.807, 2.05) is 60.8 Å². The first-order valence-corrected chi connectivity index (χ1v) is 14.2. The van der Waals surface area contributed by atoms with Crippen molar-refractivity contribution in [3.63, 3.8) is 0 Å². The second-order valence-electron chi connectivity index (χ2n) is 11.7. The van der Waals surface area contributed by atoms with Crippen LogP contribution in [-0.4, -0.2) is 34.4 Å². The van der Waals surface area contributed by atoms with Crippen LogP contribution in [0.15, 0.2) is 109 Å². The second-order valence-corrected chi connectivity index (χ2v) is 11.7. The fourth-order valence-corrected chi connectivity index (χ4v) is 5.85. The lowest BCUT2D eigenvalue weighted by atomic mass is 9.88. The van der Waals surface area contributed by atoms with Gasteiger partial charge < -0.3 is 19.6 Å². The molecule has 0 spiro atoms. The first kappa shape index (κ1) is 23.9. The second kappa shape index (κ2) is 10.2. The summed E-state index contributed by atoms with van der Waals surface area (Å²) in [7, 11) is 0. The summed E-state index contributed by atoms with van der Waals surface area (Å²) in [6, 6.07) is 34.3. The highest BCUT2D eigenvalue weighted by molar-refractivity contribution is 6.09.